The predicted octanol–water partition coefficient (Wildman–Crippen LogP) is 4.79. The summed E-state index contributed by atoms with van der Waals surface area (Å²) in [6.45, 7) is 6.09. The third-order valence-electron chi connectivity index (χ3n) is 4.41. The summed E-state index contributed by atoms with van der Waals surface area (Å²) in [4.78, 5) is 12.4. The van der Waals surface area contributed by atoms with Crippen LogP contribution >= 0.6 is 11.8 Å². The van der Waals surface area contributed by atoms with Crippen molar-refractivity contribution in [3.05, 3.63) is 65.0 Å². The summed E-state index contributed by atoms with van der Waals surface area (Å²) in [5.74, 6) is 1.35. The molecule has 1 aliphatic heterocycles. The summed E-state index contributed by atoms with van der Waals surface area (Å²) < 4.78 is 19.7. The number of ether oxygens (including phenoxy) is 1. The highest BCUT2D eigenvalue weighted by molar-refractivity contribution is 7.99. The first-order chi connectivity index (χ1) is 12.3. The zero-order valence-corrected chi connectivity index (χ0v) is 16.2. The fourth-order valence-electron chi connectivity index (χ4n) is 3.19. The minimum atomic E-state index is -0.334. The second-order valence-corrected chi connectivity index (χ2v) is 8.30. The summed E-state index contributed by atoms with van der Waals surface area (Å²) in [5.41, 5.74) is 2.44. The van der Waals surface area contributed by atoms with Gasteiger partial charge in [-0.2, -0.15) is 0 Å². The summed E-state index contributed by atoms with van der Waals surface area (Å²) in [5, 5.41) is 3.12. The van der Waals surface area contributed by atoms with Gasteiger partial charge in [0.2, 0.25) is 5.91 Å². The second kappa shape index (κ2) is 7.70. The van der Waals surface area contributed by atoms with Crippen LogP contribution in [0.25, 0.3) is 0 Å². The maximum absolute atomic E-state index is 13.6. The molecule has 1 atom stereocenters. The predicted molar refractivity (Wildman–Crippen MR) is 104 cm³/mol. The standard InChI is InChI=1S/C21H24FNO2S/c1-14-8-9-16-18(11-21(2,3)25-19(16)10-14)23-20(24)13-26-12-15-6-4-5-7-17(15)22/h4-10,18H,11-13H2,1-3H3,(H,23,24)/t18-/m1/s1. The number of rotatable bonds is 5. The van der Waals surface area contributed by atoms with E-state index >= 15 is 0 Å². The van der Waals surface area contributed by atoms with Crippen LogP contribution in [0.3, 0.4) is 0 Å². The van der Waals surface area contributed by atoms with Gasteiger partial charge in [0.15, 0.2) is 0 Å². The molecule has 1 N–H and O–H groups in total. The van der Waals surface area contributed by atoms with Gasteiger partial charge in [-0.15, -0.1) is 11.8 Å². The highest BCUT2D eigenvalue weighted by Gasteiger charge is 2.34. The van der Waals surface area contributed by atoms with E-state index in [1.165, 1.54) is 17.8 Å². The molecular weight excluding hydrogens is 349 g/mol. The van der Waals surface area contributed by atoms with E-state index in [2.05, 4.69) is 5.32 Å². The van der Waals surface area contributed by atoms with Gasteiger partial charge in [-0.3, -0.25) is 4.79 Å². The Hall–Kier alpha value is -2.01. The van der Waals surface area contributed by atoms with Crippen LogP contribution in [-0.4, -0.2) is 17.3 Å². The molecule has 1 heterocycles. The zero-order valence-electron chi connectivity index (χ0n) is 15.3. The van der Waals surface area contributed by atoms with Crippen molar-refractivity contribution in [1.82, 2.24) is 5.32 Å². The van der Waals surface area contributed by atoms with Crippen molar-refractivity contribution in [1.29, 1.82) is 0 Å². The third kappa shape index (κ3) is 4.58. The van der Waals surface area contributed by atoms with Gasteiger partial charge in [0, 0.05) is 17.7 Å². The van der Waals surface area contributed by atoms with Crippen LogP contribution in [0.2, 0.25) is 0 Å². The molecule has 2 aromatic rings. The van der Waals surface area contributed by atoms with Gasteiger partial charge in [-0.05, 0) is 44.0 Å². The molecule has 2 aromatic carbocycles. The molecular formula is C21H24FNO2S. The van der Waals surface area contributed by atoms with E-state index in [4.69, 9.17) is 4.74 Å². The molecule has 0 aromatic heterocycles. The number of carbonyl (C=O) groups is 1. The van der Waals surface area contributed by atoms with Crippen LogP contribution in [0.5, 0.6) is 5.75 Å². The largest absolute Gasteiger partial charge is 0.487 e. The number of hydrogen-bond donors (Lipinski definition) is 1. The minimum Gasteiger partial charge on any atom is -0.487 e. The van der Waals surface area contributed by atoms with Crippen molar-refractivity contribution in [2.45, 2.75) is 44.6 Å². The fraction of sp³-hybridized carbons (Fsp3) is 0.381. The van der Waals surface area contributed by atoms with Crippen LogP contribution in [0.1, 0.15) is 43.0 Å². The molecule has 1 aliphatic rings. The van der Waals surface area contributed by atoms with Crippen molar-refractivity contribution in [3.63, 3.8) is 0 Å². The average Bonchev–Trinajstić information content (AvgIpc) is 2.55. The number of amides is 1. The van der Waals surface area contributed by atoms with Gasteiger partial charge in [-0.1, -0.05) is 30.3 Å². The van der Waals surface area contributed by atoms with Crippen LogP contribution in [0.15, 0.2) is 42.5 Å². The van der Waals surface area contributed by atoms with Gasteiger partial charge in [0.1, 0.15) is 17.2 Å². The van der Waals surface area contributed by atoms with E-state index < -0.39 is 0 Å². The van der Waals surface area contributed by atoms with Crippen LogP contribution < -0.4 is 10.1 Å². The Morgan fingerprint density at radius 3 is 2.85 bits per heavy atom. The topological polar surface area (TPSA) is 38.3 Å². The van der Waals surface area contributed by atoms with E-state index in [0.29, 0.717) is 23.5 Å². The number of hydrogen-bond acceptors (Lipinski definition) is 3. The Bertz CT molecular complexity index is 806. The molecule has 0 spiro atoms. The first kappa shape index (κ1) is 18.8. The first-order valence-electron chi connectivity index (χ1n) is 8.74. The molecule has 0 unspecified atom stereocenters. The first-order valence-corrected chi connectivity index (χ1v) is 9.90. The van der Waals surface area contributed by atoms with Crippen LogP contribution in [0, 0.1) is 12.7 Å². The monoisotopic (exact) mass is 373 g/mol. The average molecular weight is 373 g/mol. The lowest BCUT2D eigenvalue weighted by Gasteiger charge is -2.38. The normalized spacial score (nSPS) is 17.9. The number of halogens is 1. The number of thioether (sulfide) groups is 1. The van der Waals surface area contributed by atoms with Crippen LogP contribution in [-0.2, 0) is 10.5 Å². The molecule has 0 aliphatic carbocycles. The molecule has 138 valence electrons. The molecule has 3 rings (SSSR count). The molecule has 0 saturated carbocycles. The zero-order chi connectivity index (χ0) is 18.7. The summed E-state index contributed by atoms with van der Waals surface area (Å²) in [7, 11) is 0. The van der Waals surface area contributed by atoms with Gasteiger partial charge in [0.25, 0.3) is 0 Å². The molecule has 3 nitrogen and oxygen atoms in total. The Kier molecular flexibility index (Phi) is 5.56. The number of benzene rings is 2. The lowest BCUT2D eigenvalue weighted by molar-refractivity contribution is -0.119. The number of carbonyl (C=O) groups excluding carboxylic acids is 1. The lowest BCUT2D eigenvalue weighted by Crippen LogP contribution is -2.41. The van der Waals surface area contributed by atoms with Crippen molar-refractivity contribution >= 4 is 17.7 Å². The second-order valence-electron chi connectivity index (χ2n) is 7.31. The molecule has 1 amide bonds. The van der Waals surface area contributed by atoms with Gasteiger partial charge < -0.3 is 10.1 Å². The van der Waals surface area contributed by atoms with E-state index in [-0.39, 0.29) is 23.4 Å². The van der Waals surface area contributed by atoms with Crippen LogP contribution in [0.4, 0.5) is 4.39 Å². The molecule has 0 saturated heterocycles. The summed E-state index contributed by atoms with van der Waals surface area (Å²) >= 11 is 1.42. The molecule has 5 heteroatoms. The number of fused-ring (bicyclic) bond motifs is 1. The Labute approximate surface area is 158 Å². The number of nitrogens with one attached hydrogen (secondary N) is 1. The van der Waals surface area contributed by atoms with Gasteiger partial charge >= 0.3 is 0 Å². The maximum Gasteiger partial charge on any atom is 0.230 e. The fourth-order valence-corrected chi connectivity index (χ4v) is 4.02. The quantitative estimate of drug-likeness (QED) is 0.819. The summed E-state index contributed by atoms with van der Waals surface area (Å²) in [6.07, 6.45) is 0.715. The van der Waals surface area contributed by atoms with E-state index in [0.717, 1.165) is 16.9 Å². The SMILES string of the molecule is Cc1ccc2c(c1)OC(C)(C)C[C@H]2NC(=O)CSCc1ccccc1F. The summed E-state index contributed by atoms with van der Waals surface area (Å²) in [6, 6.07) is 12.7. The smallest absolute Gasteiger partial charge is 0.230 e. The van der Waals surface area contributed by atoms with E-state index in [1.807, 2.05) is 45.0 Å². The number of aryl methyl sites for hydroxylation is 1. The third-order valence-corrected chi connectivity index (χ3v) is 5.39. The Balaban J connectivity index is 1.61. The highest BCUT2D eigenvalue weighted by atomic mass is 32.2. The highest BCUT2D eigenvalue weighted by Crippen LogP contribution is 2.39. The van der Waals surface area contributed by atoms with E-state index in [9.17, 15) is 9.18 Å². The molecule has 26 heavy (non-hydrogen) atoms. The van der Waals surface area contributed by atoms with Gasteiger partial charge in [0.05, 0.1) is 11.8 Å². The molecule has 0 radical (unpaired) electrons. The lowest BCUT2D eigenvalue weighted by atomic mass is 9.89. The van der Waals surface area contributed by atoms with E-state index in [1.54, 1.807) is 12.1 Å². The van der Waals surface area contributed by atoms with Crippen molar-refractivity contribution < 1.29 is 13.9 Å². The van der Waals surface area contributed by atoms with Crippen molar-refractivity contribution in [2.75, 3.05) is 5.75 Å². The van der Waals surface area contributed by atoms with Crippen molar-refractivity contribution in [3.8, 4) is 5.75 Å². The van der Waals surface area contributed by atoms with Crippen molar-refractivity contribution in [2.24, 2.45) is 0 Å². The minimum absolute atomic E-state index is 0.0411. The Morgan fingerprint density at radius 1 is 1.31 bits per heavy atom. The maximum atomic E-state index is 13.6. The van der Waals surface area contributed by atoms with Gasteiger partial charge in [-0.25, -0.2) is 4.39 Å². The molecule has 0 fully saturated rings. The Morgan fingerprint density at radius 2 is 2.08 bits per heavy atom. The molecule has 0 bridgehead atoms.